The lowest BCUT2D eigenvalue weighted by Gasteiger charge is -2.26. The second kappa shape index (κ2) is 6.85. The van der Waals surface area contributed by atoms with Gasteiger partial charge in [0.15, 0.2) is 0 Å². The van der Waals surface area contributed by atoms with E-state index in [0.717, 1.165) is 0 Å². The van der Waals surface area contributed by atoms with Crippen LogP contribution in [0.15, 0.2) is 0 Å². The number of carbonyl (C=O) groups excluding carboxylic acids is 1. The Bertz CT molecular complexity index is 424. The molecule has 0 spiro atoms. The number of carboxylic acids is 1. The predicted molar refractivity (Wildman–Crippen MR) is 66.9 cm³/mol. The standard InChI is InChI=1S/C11H19NO6S/c1-18-10(13)6-7-19(16,17)12-9-4-2-8(3-5-9)11(14)15/h8-9,12H,2-7H2,1H3,(H,14,15). The van der Waals surface area contributed by atoms with E-state index >= 15 is 0 Å². The third kappa shape index (κ3) is 5.56. The SMILES string of the molecule is COC(=O)CCS(=O)(=O)NC1CCC(C(=O)O)CC1. The van der Waals surface area contributed by atoms with Gasteiger partial charge in [-0.05, 0) is 25.7 Å². The summed E-state index contributed by atoms with van der Waals surface area (Å²) in [7, 11) is -2.32. The first-order valence-corrected chi connectivity index (χ1v) is 7.79. The average Bonchev–Trinajstić information content (AvgIpc) is 2.36. The Balaban J connectivity index is 2.39. The Hall–Kier alpha value is -1.15. The van der Waals surface area contributed by atoms with Gasteiger partial charge < -0.3 is 9.84 Å². The van der Waals surface area contributed by atoms with Crippen molar-refractivity contribution in [3.63, 3.8) is 0 Å². The zero-order valence-electron chi connectivity index (χ0n) is 10.8. The van der Waals surface area contributed by atoms with Gasteiger partial charge in [-0.3, -0.25) is 9.59 Å². The Morgan fingerprint density at radius 1 is 1.26 bits per heavy atom. The van der Waals surface area contributed by atoms with Gasteiger partial charge >= 0.3 is 11.9 Å². The molecule has 2 N–H and O–H groups in total. The number of esters is 1. The van der Waals surface area contributed by atoms with Crippen LogP contribution in [-0.4, -0.2) is 44.4 Å². The lowest BCUT2D eigenvalue weighted by atomic mass is 9.87. The number of hydrogen-bond acceptors (Lipinski definition) is 5. The Kier molecular flexibility index (Phi) is 5.74. The first kappa shape index (κ1) is 15.9. The van der Waals surface area contributed by atoms with Crippen LogP contribution in [0.25, 0.3) is 0 Å². The van der Waals surface area contributed by atoms with E-state index in [1.165, 1.54) is 7.11 Å². The van der Waals surface area contributed by atoms with Crippen molar-refractivity contribution >= 4 is 22.0 Å². The number of sulfonamides is 1. The van der Waals surface area contributed by atoms with Gasteiger partial charge in [0.25, 0.3) is 0 Å². The summed E-state index contributed by atoms with van der Waals surface area (Å²) in [6, 6.07) is -0.238. The molecule has 110 valence electrons. The van der Waals surface area contributed by atoms with Crippen molar-refractivity contribution in [2.75, 3.05) is 12.9 Å². The second-order valence-electron chi connectivity index (χ2n) is 4.65. The minimum atomic E-state index is -3.52. The summed E-state index contributed by atoms with van der Waals surface area (Å²) in [6.07, 6.45) is 1.78. The lowest BCUT2D eigenvalue weighted by Crippen LogP contribution is -2.40. The quantitative estimate of drug-likeness (QED) is 0.673. The van der Waals surface area contributed by atoms with E-state index < -0.39 is 22.0 Å². The van der Waals surface area contributed by atoms with Crippen LogP contribution in [0, 0.1) is 5.92 Å². The fraction of sp³-hybridized carbons (Fsp3) is 0.818. The van der Waals surface area contributed by atoms with E-state index in [9.17, 15) is 18.0 Å². The van der Waals surface area contributed by atoms with Crippen molar-refractivity contribution in [2.24, 2.45) is 5.92 Å². The molecule has 1 saturated carbocycles. The molecule has 0 unspecified atom stereocenters. The number of carbonyl (C=O) groups is 2. The first-order chi connectivity index (χ1) is 8.84. The van der Waals surface area contributed by atoms with Crippen molar-refractivity contribution < 1.29 is 27.9 Å². The number of nitrogens with one attached hydrogen (secondary N) is 1. The van der Waals surface area contributed by atoms with Gasteiger partial charge in [0.05, 0.1) is 25.2 Å². The normalized spacial score (nSPS) is 23.8. The molecule has 0 atom stereocenters. The van der Waals surface area contributed by atoms with Gasteiger partial charge in [-0.2, -0.15) is 0 Å². The van der Waals surface area contributed by atoms with Gasteiger partial charge in [0.1, 0.15) is 0 Å². The zero-order valence-corrected chi connectivity index (χ0v) is 11.6. The summed E-state index contributed by atoms with van der Waals surface area (Å²) in [5.74, 6) is -2.08. The molecule has 0 saturated heterocycles. The topological polar surface area (TPSA) is 110 Å². The van der Waals surface area contributed by atoms with Crippen molar-refractivity contribution in [3.05, 3.63) is 0 Å². The first-order valence-electron chi connectivity index (χ1n) is 6.13. The number of aliphatic carboxylic acids is 1. The smallest absolute Gasteiger partial charge is 0.306 e. The zero-order chi connectivity index (χ0) is 14.5. The molecule has 0 aromatic carbocycles. The molecular formula is C11H19NO6S. The third-order valence-corrected chi connectivity index (χ3v) is 4.66. The molecule has 0 bridgehead atoms. The maximum absolute atomic E-state index is 11.7. The van der Waals surface area contributed by atoms with E-state index in [0.29, 0.717) is 25.7 Å². The summed E-state index contributed by atoms with van der Waals surface area (Å²) >= 11 is 0. The molecule has 0 aromatic heterocycles. The van der Waals surface area contributed by atoms with E-state index in [2.05, 4.69) is 9.46 Å². The van der Waals surface area contributed by atoms with E-state index in [1.54, 1.807) is 0 Å². The minimum absolute atomic E-state index is 0.184. The number of rotatable bonds is 6. The van der Waals surface area contributed by atoms with Crippen LogP contribution in [0.4, 0.5) is 0 Å². The summed E-state index contributed by atoms with van der Waals surface area (Å²) in [5, 5.41) is 8.84. The third-order valence-electron chi connectivity index (χ3n) is 3.23. The monoisotopic (exact) mass is 293 g/mol. The maximum Gasteiger partial charge on any atom is 0.306 e. The number of ether oxygens (including phenoxy) is 1. The average molecular weight is 293 g/mol. The molecule has 0 heterocycles. The minimum Gasteiger partial charge on any atom is -0.481 e. The fourth-order valence-corrected chi connectivity index (χ4v) is 3.39. The highest BCUT2D eigenvalue weighted by molar-refractivity contribution is 7.89. The van der Waals surface area contributed by atoms with Crippen LogP contribution >= 0.6 is 0 Å². The van der Waals surface area contributed by atoms with Crippen LogP contribution in [0.3, 0.4) is 0 Å². The van der Waals surface area contributed by atoms with Gasteiger partial charge in [0.2, 0.25) is 10.0 Å². The van der Waals surface area contributed by atoms with Crippen LogP contribution < -0.4 is 4.72 Å². The summed E-state index contributed by atoms with van der Waals surface area (Å²) in [5.41, 5.74) is 0. The Morgan fingerprint density at radius 2 is 1.84 bits per heavy atom. The van der Waals surface area contributed by atoms with Gasteiger partial charge in [-0.15, -0.1) is 0 Å². The molecule has 0 aromatic rings. The highest BCUT2D eigenvalue weighted by Gasteiger charge is 2.28. The number of methoxy groups -OCH3 is 1. The maximum atomic E-state index is 11.7. The molecule has 1 aliphatic carbocycles. The van der Waals surface area contributed by atoms with E-state index in [1.807, 2.05) is 0 Å². The summed E-state index contributed by atoms with van der Waals surface area (Å²) in [6.45, 7) is 0. The summed E-state index contributed by atoms with van der Waals surface area (Å²) < 4.78 is 30.3. The van der Waals surface area contributed by atoms with Crippen molar-refractivity contribution in [3.8, 4) is 0 Å². The number of carboxylic acid groups (broad SMARTS) is 1. The summed E-state index contributed by atoms with van der Waals surface area (Å²) in [4.78, 5) is 21.7. The Morgan fingerprint density at radius 3 is 2.32 bits per heavy atom. The van der Waals surface area contributed by atoms with E-state index in [4.69, 9.17) is 5.11 Å². The molecule has 1 rings (SSSR count). The van der Waals surface area contributed by atoms with Crippen LogP contribution in [0.2, 0.25) is 0 Å². The van der Waals surface area contributed by atoms with Crippen LogP contribution in [0.5, 0.6) is 0 Å². The van der Waals surface area contributed by atoms with Crippen molar-refractivity contribution in [2.45, 2.75) is 38.1 Å². The fourth-order valence-electron chi connectivity index (χ4n) is 2.09. The van der Waals surface area contributed by atoms with Crippen LogP contribution in [0.1, 0.15) is 32.1 Å². The molecule has 0 amide bonds. The largest absolute Gasteiger partial charge is 0.481 e. The van der Waals surface area contributed by atoms with Gasteiger partial charge in [-0.1, -0.05) is 0 Å². The van der Waals surface area contributed by atoms with Crippen molar-refractivity contribution in [1.82, 2.24) is 4.72 Å². The molecule has 8 heteroatoms. The van der Waals surface area contributed by atoms with Gasteiger partial charge in [0, 0.05) is 6.04 Å². The lowest BCUT2D eigenvalue weighted by molar-refractivity contribution is -0.143. The second-order valence-corrected chi connectivity index (χ2v) is 6.52. The molecule has 1 fully saturated rings. The number of hydrogen-bond donors (Lipinski definition) is 2. The molecule has 0 aliphatic heterocycles. The Labute approximate surface area is 112 Å². The van der Waals surface area contributed by atoms with Crippen molar-refractivity contribution in [1.29, 1.82) is 0 Å². The molecular weight excluding hydrogens is 274 g/mol. The molecule has 19 heavy (non-hydrogen) atoms. The van der Waals surface area contributed by atoms with Gasteiger partial charge in [-0.25, -0.2) is 13.1 Å². The highest BCUT2D eigenvalue weighted by Crippen LogP contribution is 2.24. The molecule has 0 radical (unpaired) electrons. The van der Waals surface area contributed by atoms with E-state index in [-0.39, 0.29) is 24.1 Å². The predicted octanol–water partition coefficient (Wildman–Crippen LogP) is 0.112. The molecule has 7 nitrogen and oxygen atoms in total. The highest BCUT2D eigenvalue weighted by atomic mass is 32.2. The van der Waals surface area contributed by atoms with Crippen LogP contribution in [-0.2, 0) is 24.3 Å². The molecule has 1 aliphatic rings.